The summed E-state index contributed by atoms with van der Waals surface area (Å²) in [6.45, 7) is 1.79. The van der Waals surface area contributed by atoms with Gasteiger partial charge in [-0.05, 0) is 55.7 Å². The molecule has 1 spiro atoms. The fourth-order valence-corrected chi connectivity index (χ4v) is 5.19. The summed E-state index contributed by atoms with van der Waals surface area (Å²) in [4.78, 5) is 37.7. The van der Waals surface area contributed by atoms with Gasteiger partial charge in [-0.3, -0.25) is 19.7 Å². The third-order valence-corrected chi connectivity index (χ3v) is 7.28. The van der Waals surface area contributed by atoms with Crippen molar-refractivity contribution < 1.29 is 22.8 Å². The van der Waals surface area contributed by atoms with Gasteiger partial charge in [0.2, 0.25) is 0 Å². The molecule has 0 radical (unpaired) electrons. The van der Waals surface area contributed by atoms with Crippen LogP contribution in [-0.4, -0.2) is 36.8 Å². The highest BCUT2D eigenvalue weighted by molar-refractivity contribution is 7.92. The fraction of sp³-hybridized carbons (Fsp3) is 0.318. The monoisotopic (exact) mass is 456 g/mol. The number of imide groups is 1. The second-order valence-electron chi connectivity index (χ2n) is 8.10. The van der Waals surface area contributed by atoms with Crippen molar-refractivity contribution >= 4 is 33.6 Å². The molecule has 1 heterocycles. The molecule has 2 aliphatic rings. The highest BCUT2D eigenvalue weighted by Gasteiger charge is 2.52. The van der Waals surface area contributed by atoms with Crippen molar-refractivity contribution in [3.63, 3.8) is 0 Å². The first kappa shape index (κ1) is 21.8. The van der Waals surface area contributed by atoms with E-state index in [1.807, 2.05) is 6.07 Å². The first-order valence-corrected chi connectivity index (χ1v) is 11.9. The van der Waals surface area contributed by atoms with Gasteiger partial charge in [0.25, 0.3) is 21.8 Å². The summed E-state index contributed by atoms with van der Waals surface area (Å²) in [5.74, 6) is -1.14. The minimum atomic E-state index is -3.85. The first-order chi connectivity index (χ1) is 15.2. The van der Waals surface area contributed by atoms with Gasteiger partial charge >= 0.3 is 6.03 Å². The summed E-state index contributed by atoms with van der Waals surface area (Å²) in [5, 5.41) is 3.44. The van der Waals surface area contributed by atoms with Crippen LogP contribution < -0.4 is 15.5 Å². The quantitative estimate of drug-likeness (QED) is 0.597. The Morgan fingerprint density at radius 1 is 1.00 bits per heavy atom. The van der Waals surface area contributed by atoms with E-state index in [4.69, 9.17) is 0 Å². The van der Waals surface area contributed by atoms with Crippen molar-refractivity contribution in [3.05, 3.63) is 59.7 Å². The average Bonchev–Trinajstić information content (AvgIpc) is 2.99. The van der Waals surface area contributed by atoms with Crippen molar-refractivity contribution in [1.82, 2.24) is 15.8 Å². The molecule has 0 atom stereocenters. The standard InChI is InChI=1S/C22H24N4O5S/c1-15-7-3-4-8-18(15)25-32(30,31)17-11-9-16(10-12-17)19(27)24-26-20(28)22(23-21(26)29)13-5-2-6-14-22/h3-4,7-12,25H,2,5-6,13-14H2,1H3,(H,23,29)(H,24,27). The fourth-order valence-electron chi connectivity index (χ4n) is 4.06. The second-order valence-corrected chi connectivity index (χ2v) is 9.78. The van der Waals surface area contributed by atoms with Gasteiger partial charge in [0, 0.05) is 5.56 Å². The van der Waals surface area contributed by atoms with Crippen LogP contribution in [-0.2, 0) is 14.8 Å². The molecule has 168 valence electrons. The lowest BCUT2D eigenvalue weighted by Crippen LogP contribution is -2.50. The zero-order valence-corrected chi connectivity index (χ0v) is 18.4. The molecule has 0 unspecified atom stereocenters. The van der Waals surface area contributed by atoms with Gasteiger partial charge in [0.05, 0.1) is 10.6 Å². The maximum absolute atomic E-state index is 12.8. The molecule has 4 amide bonds. The number of amides is 4. The van der Waals surface area contributed by atoms with Crippen LogP contribution >= 0.6 is 0 Å². The minimum absolute atomic E-state index is 0.0200. The minimum Gasteiger partial charge on any atom is -0.322 e. The Balaban J connectivity index is 1.46. The van der Waals surface area contributed by atoms with Crippen LogP contribution in [0.1, 0.15) is 48.0 Å². The van der Waals surface area contributed by atoms with E-state index in [0.717, 1.165) is 29.8 Å². The summed E-state index contributed by atoms with van der Waals surface area (Å²) >= 11 is 0. The molecule has 2 aromatic rings. The van der Waals surface area contributed by atoms with Crippen LogP contribution in [0.5, 0.6) is 0 Å². The number of sulfonamides is 1. The van der Waals surface area contributed by atoms with Crippen molar-refractivity contribution in [2.75, 3.05) is 4.72 Å². The topological polar surface area (TPSA) is 125 Å². The van der Waals surface area contributed by atoms with E-state index in [9.17, 15) is 22.8 Å². The number of hydrogen-bond acceptors (Lipinski definition) is 5. The number of nitrogens with zero attached hydrogens (tertiary/aromatic N) is 1. The number of aryl methyl sites for hydroxylation is 1. The molecule has 1 aliphatic carbocycles. The molecule has 0 bridgehead atoms. The summed E-state index contributed by atoms with van der Waals surface area (Å²) in [6, 6.07) is 11.6. The molecule has 32 heavy (non-hydrogen) atoms. The van der Waals surface area contributed by atoms with Gasteiger partial charge in [-0.2, -0.15) is 5.01 Å². The van der Waals surface area contributed by atoms with E-state index in [0.29, 0.717) is 18.5 Å². The summed E-state index contributed by atoms with van der Waals surface area (Å²) in [6.07, 6.45) is 3.76. The second kappa shape index (κ2) is 8.27. The zero-order valence-electron chi connectivity index (χ0n) is 17.6. The van der Waals surface area contributed by atoms with Crippen molar-refractivity contribution in [3.8, 4) is 0 Å². The number of hydrogen-bond donors (Lipinski definition) is 3. The summed E-state index contributed by atoms with van der Waals surface area (Å²) < 4.78 is 27.8. The SMILES string of the molecule is Cc1ccccc1NS(=O)(=O)c1ccc(C(=O)NN2C(=O)NC3(CCCCC3)C2=O)cc1. The van der Waals surface area contributed by atoms with Crippen molar-refractivity contribution in [2.45, 2.75) is 49.5 Å². The molecule has 2 fully saturated rings. The average molecular weight is 457 g/mol. The molecule has 0 aromatic heterocycles. The van der Waals surface area contributed by atoms with Crippen LogP contribution in [0.25, 0.3) is 0 Å². The number of para-hydroxylation sites is 1. The number of carbonyl (C=O) groups is 3. The van der Waals surface area contributed by atoms with E-state index < -0.39 is 33.4 Å². The third-order valence-electron chi connectivity index (χ3n) is 5.90. The highest BCUT2D eigenvalue weighted by Crippen LogP contribution is 2.33. The number of benzene rings is 2. The Labute approximate surface area is 186 Å². The maximum Gasteiger partial charge on any atom is 0.344 e. The van der Waals surface area contributed by atoms with Crippen molar-refractivity contribution in [2.24, 2.45) is 0 Å². The van der Waals surface area contributed by atoms with E-state index in [1.54, 1.807) is 25.1 Å². The zero-order chi connectivity index (χ0) is 22.9. The number of nitrogens with one attached hydrogen (secondary N) is 3. The van der Waals surface area contributed by atoms with Gasteiger partial charge in [-0.25, -0.2) is 13.2 Å². The van der Waals surface area contributed by atoms with Gasteiger partial charge in [0.1, 0.15) is 5.54 Å². The van der Waals surface area contributed by atoms with Crippen LogP contribution in [0, 0.1) is 6.92 Å². The van der Waals surface area contributed by atoms with Crippen LogP contribution in [0.4, 0.5) is 10.5 Å². The molecular weight excluding hydrogens is 432 g/mol. The van der Waals surface area contributed by atoms with Gasteiger partial charge in [-0.15, -0.1) is 0 Å². The smallest absolute Gasteiger partial charge is 0.322 e. The molecule has 10 heteroatoms. The van der Waals surface area contributed by atoms with E-state index in [2.05, 4.69) is 15.5 Å². The van der Waals surface area contributed by atoms with E-state index in [1.165, 1.54) is 24.3 Å². The molecule has 4 rings (SSSR count). The lowest BCUT2D eigenvalue weighted by molar-refractivity contribution is -0.134. The largest absolute Gasteiger partial charge is 0.344 e. The molecule has 1 saturated heterocycles. The molecule has 1 saturated carbocycles. The number of rotatable bonds is 5. The Morgan fingerprint density at radius 2 is 1.66 bits per heavy atom. The van der Waals surface area contributed by atoms with Crippen molar-refractivity contribution in [1.29, 1.82) is 0 Å². The Bertz CT molecular complexity index is 1170. The van der Waals surface area contributed by atoms with Crippen LogP contribution in [0.2, 0.25) is 0 Å². The predicted molar refractivity (Wildman–Crippen MR) is 117 cm³/mol. The van der Waals surface area contributed by atoms with Gasteiger partial charge in [0.15, 0.2) is 0 Å². The third kappa shape index (κ3) is 4.05. The summed E-state index contributed by atoms with van der Waals surface area (Å²) in [5.41, 5.74) is 2.75. The molecule has 3 N–H and O–H groups in total. The molecule has 1 aliphatic heterocycles. The molecular formula is C22H24N4O5S. The Kier molecular flexibility index (Phi) is 5.64. The Morgan fingerprint density at radius 3 is 2.31 bits per heavy atom. The molecule has 2 aromatic carbocycles. The number of hydrazine groups is 1. The lowest BCUT2D eigenvalue weighted by atomic mass is 9.82. The van der Waals surface area contributed by atoms with Gasteiger partial charge < -0.3 is 5.32 Å². The van der Waals surface area contributed by atoms with Gasteiger partial charge in [-0.1, -0.05) is 37.5 Å². The van der Waals surface area contributed by atoms with E-state index >= 15 is 0 Å². The lowest BCUT2D eigenvalue weighted by Gasteiger charge is -2.30. The van der Waals surface area contributed by atoms with E-state index in [-0.39, 0.29) is 10.5 Å². The number of urea groups is 1. The maximum atomic E-state index is 12.8. The number of anilines is 1. The first-order valence-electron chi connectivity index (χ1n) is 10.4. The van der Waals surface area contributed by atoms with Crippen LogP contribution in [0.3, 0.4) is 0 Å². The number of carbonyl (C=O) groups excluding carboxylic acids is 3. The Hall–Kier alpha value is -3.40. The molecule has 9 nitrogen and oxygen atoms in total. The predicted octanol–water partition coefficient (Wildman–Crippen LogP) is 2.70. The summed E-state index contributed by atoms with van der Waals surface area (Å²) in [7, 11) is -3.85. The normalized spacial score (nSPS) is 17.8. The van der Waals surface area contributed by atoms with Crippen LogP contribution in [0.15, 0.2) is 53.4 Å². The highest BCUT2D eigenvalue weighted by atomic mass is 32.2.